The lowest BCUT2D eigenvalue weighted by Crippen LogP contribution is -2.00. The fourth-order valence-electron chi connectivity index (χ4n) is 1.53. The molecule has 2 aromatic heterocycles. The molecule has 2 rings (SSSR count). The van der Waals surface area contributed by atoms with E-state index in [0.29, 0.717) is 6.61 Å². The lowest BCUT2D eigenvalue weighted by atomic mass is 10.3. The van der Waals surface area contributed by atoms with Crippen LogP contribution < -0.4 is 9.47 Å². The van der Waals surface area contributed by atoms with E-state index in [1.54, 1.807) is 18.0 Å². The van der Waals surface area contributed by atoms with E-state index in [0.717, 1.165) is 22.9 Å². The fourth-order valence-corrected chi connectivity index (χ4v) is 1.53. The van der Waals surface area contributed by atoms with E-state index in [4.69, 9.17) is 9.47 Å². The van der Waals surface area contributed by atoms with Crippen molar-refractivity contribution in [3.8, 4) is 11.5 Å². The lowest BCUT2D eigenvalue weighted by Gasteiger charge is -2.06. The van der Waals surface area contributed by atoms with Gasteiger partial charge >= 0.3 is 0 Å². The molecule has 0 aliphatic carbocycles. The summed E-state index contributed by atoms with van der Waals surface area (Å²) >= 11 is 0. The largest absolute Gasteiger partial charge is 0.497 e. The van der Waals surface area contributed by atoms with Crippen molar-refractivity contribution < 1.29 is 9.47 Å². The molecule has 0 N–H and O–H groups in total. The minimum absolute atomic E-state index is 0.406. The average molecular weight is 233 g/mol. The molecule has 5 nitrogen and oxygen atoms in total. The normalized spacial score (nSPS) is 10.3. The molecule has 0 saturated carbocycles. The number of methoxy groups -OCH3 is 1. The van der Waals surface area contributed by atoms with Crippen LogP contribution in [0, 0.1) is 6.92 Å². The highest BCUT2D eigenvalue weighted by atomic mass is 16.5. The molecular weight excluding hydrogens is 218 g/mol. The van der Waals surface area contributed by atoms with Crippen LogP contribution in [0.3, 0.4) is 0 Å². The number of aromatic nitrogens is 3. The topological polar surface area (TPSA) is 49.2 Å². The summed E-state index contributed by atoms with van der Waals surface area (Å²) in [4.78, 5) is 4.37. The molecular formula is C12H15N3O2. The molecule has 0 fully saturated rings. The van der Waals surface area contributed by atoms with Crippen LogP contribution in [0.2, 0.25) is 0 Å². The standard InChI is InChI=1S/C12H15N3O2/c1-9-4-11(16-3)5-10(14-9)8-17-12-6-13-15(2)7-12/h4-7H,8H2,1-3H3. The maximum atomic E-state index is 5.57. The third-order valence-electron chi connectivity index (χ3n) is 2.28. The third-order valence-corrected chi connectivity index (χ3v) is 2.28. The highest BCUT2D eigenvalue weighted by molar-refractivity contribution is 5.26. The zero-order valence-corrected chi connectivity index (χ0v) is 10.2. The number of ether oxygens (including phenoxy) is 2. The SMILES string of the molecule is COc1cc(C)nc(COc2cnn(C)c2)c1. The molecule has 0 radical (unpaired) electrons. The minimum Gasteiger partial charge on any atom is -0.497 e. The monoisotopic (exact) mass is 233 g/mol. The van der Waals surface area contributed by atoms with Gasteiger partial charge in [-0.15, -0.1) is 0 Å². The molecule has 2 heterocycles. The van der Waals surface area contributed by atoms with Crippen LogP contribution in [0.1, 0.15) is 11.4 Å². The summed E-state index contributed by atoms with van der Waals surface area (Å²) in [6, 6.07) is 3.75. The van der Waals surface area contributed by atoms with E-state index < -0.39 is 0 Å². The van der Waals surface area contributed by atoms with Gasteiger partial charge in [-0.25, -0.2) is 0 Å². The second-order valence-corrected chi connectivity index (χ2v) is 3.78. The van der Waals surface area contributed by atoms with Crippen LogP contribution in [0.25, 0.3) is 0 Å². The Labute approximate surface area is 100 Å². The van der Waals surface area contributed by atoms with E-state index in [2.05, 4.69) is 10.1 Å². The third kappa shape index (κ3) is 2.96. The molecule has 0 aliphatic rings. The van der Waals surface area contributed by atoms with Gasteiger partial charge < -0.3 is 9.47 Å². The molecule has 0 aromatic carbocycles. The quantitative estimate of drug-likeness (QED) is 0.806. The van der Waals surface area contributed by atoms with Gasteiger partial charge in [-0.3, -0.25) is 9.67 Å². The van der Waals surface area contributed by atoms with E-state index >= 15 is 0 Å². The molecule has 0 saturated heterocycles. The zero-order valence-electron chi connectivity index (χ0n) is 10.2. The molecule has 2 aromatic rings. The Kier molecular flexibility index (Phi) is 3.27. The maximum absolute atomic E-state index is 5.57. The maximum Gasteiger partial charge on any atom is 0.157 e. The summed E-state index contributed by atoms with van der Waals surface area (Å²) in [6.45, 7) is 2.33. The predicted octanol–water partition coefficient (Wildman–Crippen LogP) is 1.71. The molecule has 0 spiro atoms. The van der Waals surface area contributed by atoms with Crippen molar-refractivity contribution in [2.45, 2.75) is 13.5 Å². The average Bonchev–Trinajstić information content (AvgIpc) is 2.72. The number of hydrogen-bond donors (Lipinski definition) is 0. The first-order valence-electron chi connectivity index (χ1n) is 5.30. The van der Waals surface area contributed by atoms with Crippen molar-refractivity contribution in [2.75, 3.05) is 7.11 Å². The van der Waals surface area contributed by atoms with Crippen molar-refractivity contribution in [3.63, 3.8) is 0 Å². The Morgan fingerprint density at radius 3 is 2.76 bits per heavy atom. The Hall–Kier alpha value is -2.04. The van der Waals surface area contributed by atoms with Gasteiger partial charge in [0.25, 0.3) is 0 Å². The van der Waals surface area contributed by atoms with Crippen LogP contribution in [-0.2, 0) is 13.7 Å². The highest BCUT2D eigenvalue weighted by Crippen LogP contribution is 2.15. The van der Waals surface area contributed by atoms with Gasteiger partial charge in [-0.05, 0) is 6.92 Å². The van der Waals surface area contributed by atoms with Crippen molar-refractivity contribution in [1.29, 1.82) is 0 Å². The molecule has 0 atom stereocenters. The Balaban J connectivity index is 2.05. The molecule has 0 unspecified atom stereocenters. The molecule has 0 bridgehead atoms. The van der Waals surface area contributed by atoms with Gasteiger partial charge in [0, 0.05) is 24.9 Å². The van der Waals surface area contributed by atoms with Crippen molar-refractivity contribution >= 4 is 0 Å². The molecule has 17 heavy (non-hydrogen) atoms. The van der Waals surface area contributed by atoms with Gasteiger partial charge in [0.15, 0.2) is 5.75 Å². The van der Waals surface area contributed by atoms with E-state index in [1.807, 2.05) is 32.3 Å². The van der Waals surface area contributed by atoms with Gasteiger partial charge in [-0.1, -0.05) is 0 Å². The van der Waals surface area contributed by atoms with Gasteiger partial charge in [0.2, 0.25) is 0 Å². The minimum atomic E-state index is 0.406. The number of nitrogens with zero attached hydrogens (tertiary/aromatic N) is 3. The predicted molar refractivity (Wildman–Crippen MR) is 63.1 cm³/mol. The van der Waals surface area contributed by atoms with Crippen molar-refractivity contribution in [3.05, 3.63) is 35.9 Å². The second kappa shape index (κ2) is 4.86. The Morgan fingerprint density at radius 1 is 1.29 bits per heavy atom. The van der Waals surface area contributed by atoms with Crippen LogP contribution >= 0.6 is 0 Å². The van der Waals surface area contributed by atoms with Gasteiger partial charge in [-0.2, -0.15) is 5.10 Å². The molecule has 0 aliphatic heterocycles. The number of hydrogen-bond acceptors (Lipinski definition) is 4. The van der Waals surface area contributed by atoms with Crippen molar-refractivity contribution in [1.82, 2.24) is 14.8 Å². The van der Waals surface area contributed by atoms with E-state index in [-0.39, 0.29) is 0 Å². The van der Waals surface area contributed by atoms with E-state index in [9.17, 15) is 0 Å². The molecule has 90 valence electrons. The van der Waals surface area contributed by atoms with Gasteiger partial charge in [0.1, 0.15) is 12.4 Å². The first-order chi connectivity index (χ1) is 8.17. The van der Waals surface area contributed by atoms with Gasteiger partial charge in [0.05, 0.1) is 25.2 Å². The summed E-state index contributed by atoms with van der Waals surface area (Å²) in [7, 11) is 3.49. The summed E-state index contributed by atoms with van der Waals surface area (Å²) in [5.74, 6) is 1.53. The summed E-state index contributed by atoms with van der Waals surface area (Å²) in [5.41, 5.74) is 1.75. The second-order valence-electron chi connectivity index (χ2n) is 3.78. The van der Waals surface area contributed by atoms with Crippen LogP contribution in [0.4, 0.5) is 0 Å². The Morgan fingerprint density at radius 2 is 2.12 bits per heavy atom. The first-order valence-corrected chi connectivity index (χ1v) is 5.30. The fraction of sp³-hybridized carbons (Fsp3) is 0.333. The lowest BCUT2D eigenvalue weighted by molar-refractivity contribution is 0.299. The van der Waals surface area contributed by atoms with Crippen LogP contribution in [-0.4, -0.2) is 21.9 Å². The summed E-state index contributed by atoms with van der Waals surface area (Å²) in [6.07, 6.45) is 3.49. The molecule has 5 heteroatoms. The van der Waals surface area contributed by atoms with E-state index in [1.165, 1.54) is 0 Å². The van der Waals surface area contributed by atoms with Crippen LogP contribution in [0.15, 0.2) is 24.5 Å². The summed E-state index contributed by atoms with van der Waals surface area (Å²) in [5, 5.41) is 4.03. The smallest absolute Gasteiger partial charge is 0.157 e. The highest BCUT2D eigenvalue weighted by Gasteiger charge is 2.02. The molecule has 0 amide bonds. The first kappa shape index (κ1) is 11.4. The number of rotatable bonds is 4. The summed E-state index contributed by atoms with van der Waals surface area (Å²) < 4.78 is 12.4. The number of aryl methyl sites for hydroxylation is 2. The van der Waals surface area contributed by atoms with Crippen LogP contribution in [0.5, 0.6) is 11.5 Å². The zero-order chi connectivity index (χ0) is 12.3. The number of pyridine rings is 1. The Bertz CT molecular complexity index is 508. The van der Waals surface area contributed by atoms with Crippen molar-refractivity contribution in [2.24, 2.45) is 7.05 Å².